The number of benzene rings is 1. The van der Waals surface area contributed by atoms with Crippen molar-refractivity contribution in [3.8, 4) is 0 Å². The van der Waals surface area contributed by atoms with Gasteiger partial charge in [-0.25, -0.2) is 0 Å². The minimum absolute atomic E-state index is 0.658. The molecule has 4 rings (SSSR count). The van der Waals surface area contributed by atoms with Gasteiger partial charge in [0.1, 0.15) is 0 Å². The summed E-state index contributed by atoms with van der Waals surface area (Å²) >= 11 is 0. The van der Waals surface area contributed by atoms with Crippen LogP contribution in [-0.2, 0) is 0 Å². The number of para-hydroxylation sites is 1. The lowest BCUT2D eigenvalue weighted by atomic mass is 9.91. The van der Waals surface area contributed by atoms with Gasteiger partial charge in [-0.05, 0) is 37.8 Å². The number of allylic oxidation sites excluding steroid dienone is 1. The van der Waals surface area contributed by atoms with Crippen molar-refractivity contribution in [1.82, 2.24) is 10.1 Å². The first-order valence-electron chi connectivity index (χ1n) is 8.31. The predicted molar refractivity (Wildman–Crippen MR) is 89.1 cm³/mol. The van der Waals surface area contributed by atoms with E-state index in [2.05, 4.69) is 46.2 Å². The number of piperidine rings is 1. The van der Waals surface area contributed by atoms with Gasteiger partial charge in [0.25, 0.3) is 0 Å². The standard InChI is InChI=1S/C18H23N3O/c1-2-5-14-8-9-15-13-21(11-10-20(15)12-14)18-16-6-3-4-7-17(16)22-19-18/h2-7,14-15H,8-13H2,1H3/b5-2+/t14-,15+/m1/s1. The number of hydrogen-bond acceptors (Lipinski definition) is 4. The lowest BCUT2D eigenvalue weighted by Crippen LogP contribution is -2.56. The molecule has 2 aromatic rings. The molecule has 22 heavy (non-hydrogen) atoms. The second kappa shape index (κ2) is 5.76. The molecular formula is C18H23N3O. The Morgan fingerprint density at radius 2 is 2.09 bits per heavy atom. The summed E-state index contributed by atoms with van der Waals surface area (Å²) < 4.78 is 5.47. The van der Waals surface area contributed by atoms with Crippen LogP contribution in [0.2, 0.25) is 0 Å². The summed E-state index contributed by atoms with van der Waals surface area (Å²) in [5, 5.41) is 5.46. The first kappa shape index (κ1) is 13.8. The second-order valence-corrected chi connectivity index (χ2v) is 6.46. The molecule has 0 N–H and O–H groups in total. The van der Waals surface area contributed by atoms with E-state index in [1.54, 1.807) is 0 Å². The molecule has 0 radical (unpaired) electrons. The molecule has 0 bridgehead atoms. The third-order valence-electron chi connectivity index (χ3n) is 5.07. The molecule has 2 saturated heterocycles. The van der Waals surface area contributed by atoms with Crippen molar-refractivity contribution in [2.75, 3.05) is 31.1 Å². The maximum absolute atomic E-state index is 5.47. The normalized spacial score (nSPS) is 26.7. The van der Waals surface area contributed by atoms with E-state index in [9.17, 15) is 0 Å². The van der Waals surface area contributed by atoms with Crippen molar-refractivity contribution in [3.05, 3.63) is 36.4 Å². The molecule has 2 atom stereocenters. The second-order valence-electron chi connectivity index (χ2n) is 6.46. The minimum atomic E-state index is 0.658. The number of aromatic nitrogens is 1. The summed E-state index contributed by atoms with van der Waals surface area (Å²) in [5.41, 5.74) is 0.886. The zero-order chi connectivity index (χ0) is 14.9. The van der Waals surface area contributed by atoms with E-state index in [1.807, 2.05) is 12.1 Å². The topological polar surface area (TPSA) is 32.5 Å². The number of rotatable bonds is 2. The Bertz CT molecular complexity index is 678. The highest BCUT2D eigenvalue weighted by Gasteiger charge is 2.33. The van der Waals surface area contributed by atoms with Crippen LogP contribution >= 0.6 is 0 Å². The van der Waals surface area contributed by atoms with Gasteiger partial charge in [0.2, 0.25) is 0 Å². The van der Waals surface area contributed by atoms with Crippen LogP contribution in [0.3, 0.4) is 0 Å². The molecule has 0 amide bonds. The highest BCUT2D eigenvalue weighted by molar-refractivity contribution is 5.88. The monoisotopic (exact) mass is 297 g/mol. The molecule has 0 unspecified atom stereocenters. The molecule has 0 aliphatic carbocycles. The maximum Gasteiger partial charge on any atom is 0.180 e. The Hall–Kier alpha value is -1.81. The van der Waals surface area contributed by atoms with Crippen LogP contribution in [-0.4, -0.2) is 42.3 Å². The summed E-state index contributed by atoms with van der Waals surface area (Å²) in [5.74, 6) is 1.76. The SMILES string of the molecule is C/C=C/[C@@H]1CC[C@H]2CN(c3noc4ccccc34)CCN2C1. The average molecular weight is 297 g/mol. The third-order valence-corrected chi connectivity index (χ3v) is 5.07. The number of fused-ring (bicyclic) bond motifs is 2. The first-order chi connectivity index (χ1) is 10.8. The Kier molecular flexibility index (Phi) is 3.62. The molecule has 0 saturated carbocycles. The van der Waals surface area contributed by atoms with Crippen molar-refractivity contribution < 1.29 is 4.52 Å². The zero-order valence-electron chi connectivity index (χ0n) is 13.1. The molecule has 2 fully saturated rings. The lowest BCUT2D eigenvalue weighted by Gasteiger charge is -2.46. The molecule has 2 aliphatic heterocycles. The van der Waals surface area contributed by atoms with E-state index in [4.69, 9.17) is 4.52 Å². The highest BCUT2D eigenvalue weighted by Crippen LogP contribution is 2.31. The largest absolute Gasteiger partial charge is 0.354 e. The highest BCUT2D eigenvalue weighted by atomic mass is 16.5. The van der Waals surface area contributed by atoms with Gasteiger partial charge in [-0.2, -0.15) is 0 Å². The van der Waals surface area contributed by atoms with Gasteiger partial charge in [-0.3, -0.25) is 4.90 Å². The number of nitrogens with zero attached hydrogens (tertiary/aromatic N) is 3. The lowest BCUT2D eigenvalue weighted by molar-refractivity contribution is 0.110. The quantitative estimate of drug-likeness (QED) is 0.796. The number of anilines is 1. The van der Waals surface area contributed by atoms with Gasteiger partial charge >= 0.3 is 0 Å². The van der Waals surface area contributed by atoms with Crippen LogP contribution in [0.25, 0.3) is 11.0 Å². The summed E-state index contributed by atoms with van der Waals surface area (Å²) in [6.07, 6.45) is 7.15. The van der Waals surface area contributed by atoms with Gasteiger partial charge in [0, 0.05) is 32.2 Å². The van der Waals surface area contributed by atoms with Crippen molar-refractivity contribution in [2.24, 2.45) is 5.92 Å². The van der Waals surface area contributed by atoms with Crippen molar-refractivity contribution in [1.29, 1.82) is 0 Å². The van der Waals surface area contributed by atoms with Crippen LogP contribution in [0, 0.1) is 5.92 Å². The summed E-state index contributed by atoms with van der Waals surface area (Å²) in [6, 6.07) is 8.81. The van der Waals surface area contributed by atoms with Crippen LogP contribution in [0.1, 0.15) is 19.8 Å². The smallest absolute Gasteiger partial charge is 0.180 e. The van der Waals surface area contributed by atoms with E-state index < -0.39 is 0 Å². The van der Waals surface area contributed by atoms with Crippen LogP contribution in [0.5, 0.6) is 0 Å². The van der Waals surface area contributed by atoms with Gasteiger partial charge in [-0.1, -0.05) is 29.4 Å². The Balaban J connectivity index is 1.51. The molecular weight excluding hydrogens is 274 g/mol. The summed E-state index contributed by atoms with van der Waals surface area (Å²) in [4.78, 5) is 5.07. The maximum atomic E-state index is 5.47. The van der Waals surface area contributed by atoms with Gasteiger partial charge in [0.15, 0.2) is 11.4 Å². The Morgan fingerprint density at radius 1 is 1.18 bits per heavy atom. The van der Waals surface area contributed by atoms with E-state index in [0.717, 1.165) is 42.3 Å². The molecule has 1 aromatic heterocycles. The van der Waals surface area contributed by atoms with Gasteiger partial charge < -0.3 is 9.42 Å². The van der Waals surface area contributed by atoms with Crippen LogP contribution in [0.4, 0.5) is 5.82 Å². The molecule has 4 heteroatoms. The number of piperazine rings is 1. The molecule has 4 nitrogen and oxygen atoms in total. The summed E-state index contributed by atoms with van der Waals surface area (Å²) in [7, 11) is 0. The van der Waals surface area contributed by atoms with E-state index in [0.29, 0.717) is 6.04 Å². The molecule has 116 valence electrons. The van der Waals surface area contributed by atoms with Crippen molar-refractivity contribution in [3.63, 3.8) is 0 Å². The minimum Gasteiger partial charge on any atom is -0.354 e. The van der Waals surface area contributed by atoms with E-state index in [1.165, 1.54) is 19.4 Å². The average Bonchev–Trinajstić information content (AvgIpc) is 2.99. The third kappa shape index (κ3) is 2.41. The van der Waals surface area contributed by atoms with Crippen molar-refractivity contribution >= 4 is 16.8 Å². The molecule has 3 heterocycles. The molecule has 1 aromatic carbocycles. The van der Waals surface area contributed by atoms with Crippen LogP contribution in [0.15, 0.2) is 40.9 Å². The fraction of sp³-hybridized carbons (Fsp3) is 0.500. The summed E-state index contributed by atoms with van der Waals surface area (Å²) in [6.45, 7) is 6.57. The fourth-order valence-electron chi connectivity index (χ4n) is 3.93. The Labute approximate surface area is 131 Å². The van der Waals surface area contributed by atoms with E-state index >= 15 is 0 Å². The Morgan fingerprint density at radius 3 is 3.00 bits per heavy atom. The predicted octanol–water partition coefficient (Wildman–Crippen LogP) is 3.30. The number of hydrogen-bond donors (Lipinski definition) is 0. The molecule has 2 aliphatic rings. The van der Waals surface area contributed by atoms with Gasteiger partial charge in [0.05, 0.1) is 5.39 Å². The first-order valence-corrected chi connectivity index (χ1v) is 8.31. The molecule has 0 spiro atoms. The van der Waals surface area contributed by atoms with Crippen LogP contribution < -0.4 is 4.90 Å². The van der Waals surface area contributed by atoms with Gasteiger partial charge in [-0.15, -0.1) is 0 Å². The fourth-order valence-corrected chi connectivity index (χ4v) is 3.93. The van der Waals surface area contributed by atoms with Crippen molar-refractivity contribution in [2.45, 2.75) is 25.8 Å². The zero-order valence-corrected chi connectivity index (χ0v) is 13.1. The van der Waals surface area contributed by atoms with E-state index in [-0.39, 0.29) is 0 Å².